The molecule has 0 aliphatic carbocycles. The van der Waals surface area contributed by atoms with Crippen LogP contribution in [0.25, 0.3) is 0 Å². The number of rotatable bonds is 5. The van der Waals surface area contributed by atoms with Crippen LogP contribution in [0.15, 0.2) is 0 Å². The lowest BCUT2D eigenvalue weighted by Crippen LogP contribution is -2.33. The summed E-state index contributed by atoms with van der Waals surface area (Å²) >= 11 is 0. The van der Waals surface area contributed by atoms with E-state index >= 15 is 0 Å². The molecule has 8 heteroatoms. The maximum atomic E-state index is 11.8. The smallest absolute Gasteiger partial charge is 0.256 e. The Morgan fingerprint density at radius 3 is 2.41 bits per heavy atom. The third kappa shape index (κ3) is 3.60. The summed E-state index contributed by atoms with van der Waals surface area (Å²) in [5.41, 5.74) is 1.33. The molecule has 0 aliphatic heterocycles. The molecule has 1 aromatic heterocycles. The highest BCUT2D eigenvalue weighted by atomic mass is 32.2. The minimum Gasteiger partial charge on any atom is -0.318 e. The summed E-state index contributed by atoms with van der Waals surface area (Å²) in [6.07, 6.45) is 0. The van der Waals surface area contributed by atoms with Gasteiger partial charge in [0.1, 0.15) is 0 Å². The molecule has 1 rings (SSSR count). The average molecular weight is 259 g/mol. The molecule has 0 saturated heterocycles. The first-order valence-corrected chi connectivity index (χ1v) is 6.75. The second-order valence-electron chi connectivity index (χ2n) is 3.82. The number of nitrogens with zero attached hydrogens (tertiary/aromatic N) is 3. The van der Waals surface area contributed by atoms with Gasteiger partial charge in [0.2, 0.25) is 10.0 Å². The van der Waals surface area contributed by atoms with Crippen molar-refractivity contribution in [1.29, 1.82) is 0 Å². The van der Waals surface area contributed by atoms with Gasteiger partial charge < -0.3 is 5.32 Å². The first-order valence-electron chi connectivity index (χ1n) is 5.21. The first kappa shape index (κ1) is 13.8. The Morgan fingerprint density at radius 2 is 1.88 bits per heavy atom. The Balaban J connectivity index is 2.86. The zero-order valence-electron chi connectivity index (χ0n) is 10.4. The Labute approximate surface area is 101 Å². The maximum Gasteiger partial charge on any atom is 0.256 e. The number of hydrogen-bond donors (Lipinski definition) is 2. The minimum absolute atomic E-state index is 0.0102. The summed E-state index contributed by atoms with van der Waals surface area (Å²) in [4.78, 5) is 4.02. The SMILES string of the molecule is CNCC(C)S(=O)(=O)Nc1nnc(C)c(C)n1. The van der Waals surface area contributed by atoms with Gasteiger partial charge in [-0.3, -0.25) is 0 Å². The molecule has 1 unspecified atom stereocenters. The van der Waals surface area contributed by atoms with Gasteiger partial charge in [0, 0.05) is 6.54 Å². The molecule has 0 fully saturated rings. The van der Waals surface area contributed by atoms with E-state index in [2.05, 4.69) is 25.2 Å². The Morgan fingerprint density at radius 1 is 1.24 bits per heavy atom. The van der Waals surface area contributed by atoms with Gasteiger partial charge in [0.25, 0.3) is 5.95 Å². The molecule has 0 aromatic carbocycles. The lowest BCUT2D eigenvalue weighted by molar-refractivity contribution is 0.583. The monoisotopic (exact) mass is 259 g/mol. The van der Waals surface area contributed by atoms with Crippen molar-refractivity contribution in [3.8, 4) is 0 Å². The largest absolute Gasteiger partial charge is 0.318 e. The van der Waals surface area contributed by atoms with Crippen LogP contribution in [0.2, 0.25) is 0 Å². The Bertz CT molecular complexity index is 488. The summed E-state index contributed by atoms with van der Waals surface area (Å²) in [7, 11) is -1.79. The van der Waals surface area contributed by atoms with Crippen LogP contribution in [0.5, 0.6) is 0 Å². The summed E-state index contributed by atoms with van der Waals surface area (Å²) in [6, 6.07) is 0. The predicted molar refractivity (Wildman–Crippen MR) is 65.2 cm³/mol. The van der Waals surface area contributed by atoms with Crippen molar-refractivity contribution in [2.24, 2.45) is 0 Å². The lowest BCUT2D eigenvalue weighted by Gasteiger charge is -2.13. The summed E-state index contributed by atoms with van der Waals surface area (Å²) in [5, 5.41) is 9.74. The molecule has 2 N–H and O–H groups in total. The van der Waals surface area contributed by atoms with E-state index in [4.69, 9.17) is 0 Å². The van der Waals surface area contributed by atoms with E-state index in [1.165, 1.54) is 0 Å². The standard InChI is InChI=1S/C9H17N5O2S/c1-6(5-10-4)17(15,16)14-9-11-7(2)8(3)12-13-9/h6,10H,5H2,1-4H3,(H,11,13,14). The van der Waals surface area contributed by atoms with Crippen LogP contribution in [0.3, 0.4) is 0 Å². The summed E-state index contributed by atoms with van der Waals surface area (Å²) in [5.74, 6) is 0.0102. The second kappa shape index (κ2) is 5.37. The van der Waals surface area contributed by atoms with E-state index in [1.807, 2.05) is 0 Å². The van der Waals surface area contributed by atoms with Crippen molar-refractivity contribution in [1.82, 2.24) is 20.5 Å². The van der Waals surface area contributed by atoms with Crippen molar-refractivity contribution in [2.75, 3.05) is 18.3 Å². The highest BCUT2D eigenvalue weighted by molar-refractivity contribution is 7.93. The van der Waals surface area contributed by atoms with E-state index in [0.29, 0.717) is 17.9 Å². The molecule has 7 nitrogen and oxygen atoms in total. The van der Waals surface area contributed by atoms with E-state index < -0.39 is 15.3 Å². The number of anilines is 1. The third-order valence-corrected chi connectivity index (χ3v) is 4.04. The number of hydrogen-bond acceptors (Lipinski definition) is 6. The first-order chi connectivity index (χ1) is 7.86. The number of sulfonamides is 1. The third-order valence-electron chi connectivity index (χ3n) is 2.35. The number of aryl methyl sites for hydroxylation is 2. The van der Waals surface area contributed by atoms with Gasteiger partial charge in [-0.25, -0.2) is 18.1 Å². The fourth-order valence-electron chi connectivity index (χ4n) is 1.13. The number of nitrogens with one attached hydrogen (secondary N) is 2. The molecule has 0 saturated carbocycles. The number of aromatic nitrogens is 3. The molecule has 0 radical (unpaired) electrons. The van der Waals surface area contributed by atoms with Crippen molar-refractivity contribution < 1.29 is 8.42 Å². The van der Waals surface area contributed by atoms with Crippen LogP contribution in [0.1, 0.15) is 18.3 Å². The van der Waals surface area contributed by atoms with Crippen LogP contribution in [-0.2, 0) is 10.0 Å². The van der Waals surface area contributed by atoms with Crippen LogP contribution >= 0.6 is 0 Å². The molecule has 96 valence electrons. The molecule has 0 spiro atoms. The van der Waals surface area contributed by atoms with Crippen molar-refractivity contribution in [3.05, 3.63) is 11.4 Å². The molecule has 1 heterocycles. The maximum absolute atomic E-state index is 11.8. The molecule has 0 aliphatic rings. The highest BCUT2D eigenvalue weighted by Gasteiger charge is 2.21. The predicted octanol–water partition coefficient (Wildman–Crippen LogP) is -0.162. The van der Waals surface area contributed by atoms with Gasteiger partial charge in [0.15, 0.2) is 0 Å². The van der Waals surface area contributed by atoms with Crippen LogP contribution < -0.4 is 10.0 Å². The van der Waals surface area contributed by atoms with Crippen molar-refractivity contribution >= 4 is 16.0 Å². The van der Waals surface area contributed by atoms with Gasteiger partial charge in [-0.05, 0) is 27.8 Å². The highest BCUT2D eigenvalue weighted by Crippen LogP contribution is 2.07. The molecule has 17 heavy (non-hydrogen) atoms. The molecule has 1 atom stereocenters. The van der Waals surface area contributed by atoms with E-state index in [-0.39, 0.29) is 5.95 Å². The summed E-state index contributed by atoms with van der Waals surface area (Å²) in [6.45, 7) is 5.47. The summed E-state index contributed by atoms with van der Waals surface area (Å²) < 4.78 is 26.0. The lowest BCUT2D eigenvalue weighted by atomic mass is 10.4. The topological polar surface area (TPSA) is 96.9 Å². The molecule has 0 amide bonds. The van der Waals surface area contributed by atoms with Gasteiger partial charge in [0.05, 0.1) is 16.6 Å². The van der Waals surface area contributed by atoms with Crippen molar-refractivity contribution in [2.45, 2.75) is 26.0 Å². The molecule has 0 bridgehead atoms. The van der Waals surface area contributed by atoms with Crippen LogP contribution in [0.4, 0.5) is 5.95 Å². The van der Waals surface area contributed by atoms with E-state index in [0.717, 1.165) is 0 Å². The quantitative estimate of drug-likeness (QED) is 0.762. The average Bonchev–Trinajstić information content (AvgIpc) is 2.23. The second-order valence-corrected chi connectivity index (χ2v) is 5.92. The van der Waals surface area contributed by atoms with Gasteiger partial charge in [-0.15, -0.1) is 5.10 Å². The van der Waals surface area contributed by atoms with Gasteiger partial charge in [-0.2, -0.15) is 5.10 Å². The fraction of sp³-hybridized carbons (Fsp3) is 0.667. The zero-order valence-corrected chi connectivity index (χ0v) is 11.2. The van der Waals surface area contributed by atoms with Gasteiger partial charge >= 0.3 is 0 Å². The molecule has 1 aromatic rings. The zero-order chi connectivity index (χ0) is 13.1. The van der Waals surface area contributed by atoms with E-state index in [9.17, 15) is 8.42 Å². The molecular weight excluding hydrogens is 242 g/mol. The van der Waals surface area contributed by atoms with Gasteiger partial charge in [-0.1, -0.05) is 0 Å². The fourth-order valence-corrected chi connectivity index (χ4v) is 2.05. The Kier molecular flexibility index (Phi) is 4.35. The Hall–Kier alpha value is -1.28. The molecular formula is C9H17N5O2S. The van der Waals surface area contributed by atoms with Crippen LogP contribution in [-0.4, -0.2) is 42.4 Å². The van der Waals surface area contributed by atoms with Crippen LogP contribution in [0, 0.1) is 13.8 Å². The van der Waals surface area contributed by atoms with E-state index in [1.54, 1.807) is 27.8 Å². The van der Waals surface area contributed by atoms with Crippen molar-refractivity contribution in [3.63, 3.8) is 0 Å². The normalized spacial score (nSPS) is 13.4. The minimum atomic E-state index is -3.48.